The van der Waals surface area contributed by atoms with Crippen molar-refractivity contribution in [3.63, 3.8) is 0 Å². The van der Waals surface area contributed by atoms with Crippen LogP contribution in [0.4, 0.5) is 0 Å². The lowest BCUT2D eigenvalue weighted by Crippen LogP contribution is -2.56. The Bertz CT molecular complexity index is 202. The zero-order valence-corrected chi connectivity index (χ0v) is 6.60. The molecule has 0 bridgehead atoms. The Morgan fingerprint density at radius 2 is 2.60 bits per heavy atom. The van der Waals surface area contributed by atoms with Gasteiger partial charge in [0.15, 0.2) is 0 Å². The molecule has 2 aliphatic heterocycles. The maximum atomic E-state index is 11.1. The molecule has 1 saturated heterocycles. The summed E-state index contributed by atoms with van der Waals surface area (Å²) in [7, 11) is 0. The second-order valence-electron chi connectivity index (χ2n) is 2.64. The molecule has 54 valence electrons. The van der Waals surface area contributed by atoms with Crippen LogP contribution < -0.4 is 0 Å². The van der Waals surface area contributed by atoms with Gasteiger partial charge in [-0.3, -0.25) is 4.79 Å². The Hall–Kier alpha value is -0.440. The quantitative estimate of drug-likeness (QED) is 0.487. The van der Waals surface area contributed by atoms with Crippen molar-refractivity contribution in [1.82, 2.24) is 4.90 Å². The van der Waals surface area contributed by atoms with Crippen LogP contribution in [0.15, 0.2) is 12.3 Å². The van der Waals surface area contributed by atoms with Crippen LogP contribution in [0.1, 0.15) is 6.92 Å². The van der Waals surface area contributed by atoms with Crippen LogP contribution in [0.25, 0.3) is 0 Å². The molecular formula is C7H9NOS. The van der Waals surface area contributed by atoms with E-state index < -0.39 is 0 Å². The fourth-order valence-electron chi connectivity index (χ4n) is 1.33. The van der Waals surface area contributed by atoms with Crippen molar-refractivity contribution in [3.8, 4) is 0 Å². The van der Waals surface area contributed by atoms with E-state index in [1.165, 1.54) is 0 Å². The standard InChI is InChI=1S/C7H9NOS/c1-5-6(9)8-3-2-4-10-7(5)8/h2-3,5,7H,4H2,1H3/t5-,7-/m1/s1. The van der Waals surface area contributed by atoms with E-state index in [9.17, 15) is 4.79 Å². The lowest BCUT2D eigenvalue weighted by Gasteiger charge is -2.44. The average Bonchev–Trinajstić information content (AvgIpc) is 2.03. The number of fused-ring (bicyclic) bond motifs is 1. The average molecular weight is 155 g/mol. The van der Waals surface area contributed by atoms with Gasteiger partial charge in [-0.2, -0.15) is 0 Å². The van der Waals surface area contributed by atoms with Crippen LogP contribution in [-0.4, -0.2) is 21.9 Å². The summed E-state index contributed by atoms with van der Waals surface area (Å²) in [6, 6.07) is 0. The number of β-lactam (4-membered cyclic amide) rings is 1. The molecule has 1 amide bonds. The van der Waals surface area contributed by atoms with Gasteiger partial charge in [-0.1, -0.05) is 13.0 Å². The number of amides is 1. The Labute approximate surface area is 64.3 Å². The molecule has 2 atom stereocenters. The summed E-state index contributed by atoms with van der Waals surface area (Å²) in [6.45, 7) is 2.00. The molecule has 0 N–H and O–H groups in total. The number of rotatable bonds is 0. The Balaban J connectivity index is 2.18. The number of carbonyl (C=O) groups is 1. The monoisotopic (exact) mass is 155 g/mol. The molecule has 2 rings (SSSR count). The number of hydrogen-bond donors (Lipinski definition) is 0. The smallest absolute Gasteiger partial charge is 0.233 e. The summed E-state index contributed by atoms with van der Waals surface area (Å²) >= 11 is 1.84. The molecule has 2 aliphatic rings. The van der Waals surface area contributed by atoms with Crippen LogP contribution >= 0.6 is 11.8 Å². The van der Waals surface area contributed by atoms with E-state index in [1.54, 1.807) is 0 Å². The first-order valence-corrected chi connectivity index (χ1v) is 4.46. The zero-order chi connectivity index (χ0) is 7.14. The van der Waals surface area contributed by atoms with E-state index in [0.29, 0.717) is 5.37 Å². The van der Waals surface area contributed by atoms with E-state index in [-0.39, 0.29) is 11.8 Å². The van der Waals surface area contributed by atoms with Crippen LogP contribution in [0, 0.1) is 5.92 Å². The zero-order valence-electron chi connectivity index (χ0n) is 5.78. The molecule has 0 aromatic rings. The van der Waals surface area contributed by atoms with Crippen molar-refractivity contribution < 1.29 is 4.79 Å². The van der Waals surface area contributed by atoms with Crippen molar-refractivity contribution in [2.75, 3.05) is 5.75 Å². The van der Waals surface area contributed by atoms with E-state index in [2.05, 4.69) is 0 Å². The van der Waals surface area contributed by atoms with Crippen molar-refractivity contribution in [3.05, 3.63) is 12.3 Å². The molecule has 1 fully saturated rings. The highest BCUT2D eigenvalue weighted by Crippen LogP contribution is 2.37. The maximum Gasteiger partial charge on any atom is 0.233 e. The Morgan fingerprint density at radius 3 is 3.30 bits per heavy atom. The first-order valence-electron chi connectivity index (χ1n) is 3.41. The second kappa shape index (κ2) is 2.02. The molecule has 0 unspecified atom stereocenters. The van der Waals surface area contributed by atoms with E-state index in [4.69, 9.17) is 0 Å². The normalized spacial score (nSPS) is 37.3. The summed E-state index contributed by atoms with van der Waals surface area (Å²) < 4.78 is 0. The predicted molar refractivity (Wildman–Crippen MR) is 41.4 cm³/mol. The van der Waals surface area contributed by atoms with Crippen LogP contribution in [0.2, 0.25) is 0 Å². The lowest BCUT2D eigenvalue weighted by atomic mass is 10.0. The van der Waals surface area contributed by atoms with Gasteiger partial charge in [0.05, 0.1) is 11.3 Å². The van der Waals surface area contributed by atoms with Crippen molar-refractivity contribution in [1.29, 1.82) is 0 Å². The number of nitrogens with zero attached hydrogens (tertiary/aromatic N) is 1. The van der Waals surface area contributed by atoms with Gasteiger partial charge >= 0.3 is 0 Å². The van der Waals surface area contributed by atoms with Crippen molar-refractivity contribution in [2.24, 2.45) is 5.92 Å². The highest BCUT2D eigenvalue weighted by atomic mass is 32.2. The predicted octanol–water partition coefficient (Wildman–Crippen LogP) is 1.05. The topological polar surface area (TPSA) is 20.3 Å². The van der Waals surface area contributed by atoms with E-state index in [0.717, 1.165) is 5.75 Å². The molecular weight excluding hydrogens is 146 g/mol. The molecule has 10 heavy (non-hydrogen) atoms. The summed E-state index contributed by atoms with van der Waals surface area (Å²) in [6.07, 6.45) is 3.94. The number of carbonyl (C=O) groups excluding carboxylic acids is 1. The molecule has 3 heteroatoms. The molecule has 2 nitrogen and oxygen atoms in total. The number of hydrogen-bond acceptors (Lipinski definition) is 2. The minimum atomic E-state index is 0.245. The minimum absolute atomic E-state index is 0.245. The maximum absolute atomic E-state index is 11.1. The van der Waals surface area contributed by atoms with E-state index in [1.807, 2.05) is 35.9 Å². The second-order valence-corrected chi connectivity index (χ2v) is 3.79. The molecule has 0 radical (unpaired) electrons. The first-order chi connectivity index (χ1) is 4.80. The number of thioether (sulfide) groups is 1. The van der Waals surface area contributed by atoms with Gasteiger partial charge in [-0.05, 0) is 0 Å². The van der Waals surface area contributed by atoms with Gasteiger partial charge in [-0.15, -0.1) is 11.8 Å². The van der Waals surface area contributed by atoms with Crippen LogP contribution in [-0.2, 0) is 4.79 Å². The third-order valence-electron chi connectivity index (χ3n) is 1.98. The summed E-state index contributed by atoms with van der Waals surface area (Å²) in [5.74, 6) is 1.57. The molecule has 0 aromatic heterocycles. The van der Waals surface area contributed by atoms with Gasteiger partial charge in [0.25, 0.3) is 0 Å². The Morgan fingerprint density at radius 1 is 1.80 bits per heavy atom. The van der Waals surface area contributed by atoms with E-state index >= 15 is 0 Å². The van der Waals surface area contributed by atoms with Crippen LogP contribution in [0.3, 0.4) is 0 Å². The lowest BCUT2D eigenvalue weighted by molar-refractivity contribution is -0.144. The van der Waals surface area contributed by atoms with Gasteiger partial charge in [0.1, 0.15) is 0 Å². The third kappa shape index (κ3) is 0.639. The summed E-state index contributed by atoms with van der Waals surface area (Å²) in [5.41, 5.74) is 0. The molecule has 0 saturated carbocycles. The highest BCUT2D eigenvalue weighted by molar-refractivity contribution is 8.00. The largest absolute Gasteiger partial charge is 0.306 e. The Kier molecular flexibility index (Phi) is 1.27. The highest BCUT2D eigenvalue weighted by Gasteiger charge is 2.43. The van der Waals surface area contributed by atoms with Gasteiger partial charge in [-0.25, -0.2) is 0 Å². The molecule has 0 aromatic carbocycles. The SMILES string of the molecule is C[C@@H]1C(=O)N2C=CCS[C@H]12. The van der Waals surface area contributed by atoms with Crippen LogP contribution in [0.5, 0.6) is 0 Å². The van der Waals surface area contributed by atoms with Gasteiger partial charge in [0.2, 0.25) is 5.91 Å². The van der Waals surface area contributed by atoms with Crippen molar-refractivity contribution in [2.45, 2.75) is 12.3 Å². The third-order valence-corrected chi connectivity index (χ3v) is 3.34. The molecule has 0 spiro atoms. The molecule has 0 aliphatic carbocycles. The summed E-state index contributed by atoms with van der Waals surface area (Å²) in [5, 5.41) is 0.442. The minimum Gasteiger partial charge on any atom is -0.306 e. The van der Waals surface area contributed by atoms with Gasteiger partial charge < -0.3 is 4.90 Å². The summed E-state index contributed by atoms with van der Waals surface area (Å²) in [4.78, 5) is 12.9. The van der Waals surface area contributed by atoms with Crippen molar-refractivity contribution >= 4 is 17.7 Å². The molecule has 2 heterocycles. The fourth-order valence-corrected chi connectivity index (χ4v) is 2.47. The first kappa shape index (κ1) is 6.28. The fraction of sp³-hybridized carbons (Fsp3) is 0.571. The van der Waals surface area contributed by atoms with Gasteiger partial charge in [0, 0.05) is 12.0 Å².